The first kappa shape index (κ1) is 12.0. The van der Waals surface area contributed by atoms with Gasteiger partial charge in [0.1, 0.15) is 5.76 Å². The molecular formula is C13H20ClNO. The van der Waals surface area contributed by atoms with Crippen molar-refractivity contribution in [1.82, 2.24) is 5.32 Å². The maximum atomic E-state index is 5.73. The van der Waals surface area contributed by atoms with Crippen LogP contribution < -0.4 is 5.32 Å². The first-order valence-electron chi connectivity index (χ1n) is 6.11. The van der Waals surface area contributed by atoms with E-state index in [4.69, 9.17) is 16.0 Å². The summed E-state index contributed by atoms with van der Waals surface area (Å²) in [4.78, 5) is 0. The van der Waals surface area contributed by atoms with E-state index in [0.29, 0.717) is 11.3 Å². The van der Waals surface area contributed by atoms with E-state index in [1.165, 1.54) is 19.3 Å². The van der Waals surface area contributed by atoms with Gasteiger partial charge in [-0.2, -0.15) is 0 Å². The van der Waals surface area contributed by atoms with E-state index in [0.717, 1.165) is 24.1 Å². The van der Waals surface area contributed by atoms with Gasteiger partial charge in [0.25, 0.3) is 0 Å². The predicted molar refractivity (Wildman–Crippen MR) is 66.5 cm³/mol. The molecule has 2 unspecified atom stereocenters. The summed E-state index contributed by atoms with van der Waals surface area (Å²) >= 11 is 5.73. The summed E-state index contributed by atoms with van der Waals surface area (Å²) in [5, 5.41) is 4.03. The average molecular weight is 242 g/mol. The quantitative estimate of drug-likeness (QED) is 0.870. The van der Waals surface area contributed by atoms with Crippen LogP contribution >= 0.6 is 11.6 Å². The summed E-state index contributed by atoms with van der Waals surface area (Å²) in [7, 11) is 0. The molecular weight excluding hydrogens is 222 g/mol. The lowest BCUT2D eigenvalue weighted by Crippen LogP contribution is -2.35. The van der Waals surface area contributed by atoms with Crippen molar-refractivity contribution in [3.8, 4) is 0 Å². The molecule has 16 heavy (non-hydrogen) atoms. The molecule has 1 N–H and O–H groups in total. The summed E-state index contributed by atoms with van der Waals surface area (Å²) in [6.45, 7) is 5.47. The molecule has 1 aromatic heterocycles. The van der Waals surface area contributed by atoms with E-state index in [-0.39, 0.29) is 0 Å². The van der Waals surface area contributed by atoms with Crippen LogP contribution in [0.15, 0.2) is 16.5 Å². The lowest BCUT2D eigenvalue weighted by molar-refractivity contribution is 0.235. The predicted octanol–water partition coefficient (Wildman–Crippen LogP) is 3.85. The van der Waals surface area contributed by atoms with E-state index < -0.39 is 0 Å². The zero-order valence-electron chi connectivity index (χ0n) is 10.0. The number of furan rings is 1. The minimum Gasteiger partial charge on any atom is -0.448 e. The number of nitrogens with one attached hydrogen (secondary N) is 1. The molecule has 2 rings (SSSR count). The Labute approximate surface area is 102 Å². The lowest BCUT2D eigenvalue weighted by Gasteiger charge is -2.31. The Balaban J connectivity index is 1.81. The maximum Gasteiger partial charge on any atom is 0.193 e. The van der Waals surface area contributed by atoms with Gasteiger partial charge in [0.15, 0.2) is 5.22 Å². The highest BCUT2D eigenvalue weighted by atomic mass is 35.5. The van der Waals surface area contributed by atoms with Gasteiger partial charge < -0.3 is 9.73 Å². The fourth-order valence-corrected chi connectivity index (χ4v) is 2.97. The molecule has 3 heteroatoms. The van der Waals surface area contributed by atoms with Gasteiger partial charge in [-0.25, -0.2) is 0 Å². The van der Waals surface area contributed by atoms with Crippen molar-refractivity contribution in [1.29, 1.82) is 0 Å². The van der Waals surface area contributed by atoms with Gasteiger partial charge >= 0.3 is 0 Å². The van der Waals surface area contributed by atoms with Gasteiger partial charge in [-0.05, 0) is 54.8 Å². The standard InChI is InChI=1S/C13H20ClNO/c1-9-5-10(2)7-11(6-9)15-8-12-3-4-13(14)16-12/h3-4,9-11,15H,5-8H2,1-2H3. The third kappa shape index (κ3) is 3.26. The van der Waals surface area contributed by atoms with Crippen molar-refractivity contribution in [3.63, 3.8) is 0 Å². The highest BCUT2D eigenvalue weighted by Crippen LogP contribution is 2.28. The summed E-state index contributed by atoms with van der Waals surface area (Å²) in [6.07, 6.45) is 3.92. The maximum absolute atomic E-state index is 5.73. The molecule has 0 radical (unpaired) electrons. The number of hydrogen-bond donors (Lipinski definition) is 1. The van der Waals surface area contributed by atoms with Crippen LogP contribution in [0.2, 0.25) is 5.22 Å². The zero-order valence-corrected chi connectivity index (χ0v) is 10.8. The highest BCUT2D eigenvalue weighted by molar-refractivity contribution is 6.28. The second-order valence-corrected chi connectivity index (χ2v) is 5.57. The fraction of sp³-hybridized carbons (Fsp3) is 0.692. The van der Waals surface area contributed by atoms with E-state index in [9.17, 15) is 0 Å². The van der Waals surface area contributed by atoms with Gasteiger partial charge in [-0.15, -0.1) is 0 Å². The molecule has 0 aliphatic heterocycles. The summed E-state index contributed by atoms with van der Waals surface area (Å²) in [6, 6.07) is 4.36. The molecule has 2 nitrogen and oxygen atoms in total. The molecule has 0 bridgehead atoms. The lowest BCUT2D eigenvalue weighted by atomic mass is 9.80. The van der Waals surface area contributed by atoms with Crippen molar-refractivity contribution in [2.45, 2.75) is 45.7 Å². The number of halogens is 1. The van der Waals surface area contributed by atoms with Crippen LogP contribution in [-0.2, 0) is 6.54 Å². The Morgan fingerprint density at radius 2 is 1.94 bits per heavy atom. The van der Waals surface area contributed by atoms with Crippen molar-refractivity contribution < 1.29 is 4.42 Å². The summed E-state index contributed by atoms with van der Waals surface area (Å²) in [5.74, 6) is 2.60. The van der Waals surface area contributed by atoms with Crippen molar-refractivity contribution in [2.24, 2.45) is 11.8 Å². The normalized spacial score (nSPS) is 30.6. The molecule has 0 spiro atoms. The SMILES string of the molecule is CC1CC(C)CC(NCc2ccc(Cl)o2)C1. The van der Waals surface area contributed by atoms with Gasteiger partial charge in [0.2, 0.25) is 0 Å². The van der Waals surface area contributed by atoms with E-state index in [2.05, 4.69) is 19.2 Å². The molecule has 0 saturated heterocycles. The molecule has 0 aromatic carbocycles. The first-order valence-corrected chi connectivity index (χ1v) is 6.49. The number of rotatable bonds is 3. The Bertz CT molecular complexity index is 326. The summed E-state index contributed by atoms with van der Waals surface area (Å²) in [5.41, 5.74) is 0. The Kier molecular flexibility index (Phi) is 3.93. The van der Waals surface area contributed by atoms with E-state index in [1.54, 1.807) is 6.07 Å². The van der Waals surface area contributed by atoms with Gasteiger partial charge in [0, 0.05) is 6.04 Å². The van der Waals surface area contributed by atoms with Crippen LogP contribution in [0.1, 0.15) is 38.9 Å². The molecule has 90 valence electrons. The van der Waals surface area contributed by atoms with Crippen LogP contribution in [-0.4, -0.2) is 6.04 Å². The van der Waals surface area contributed by atoms with Gasteiger partial charge in [-0.3, -0.25) is 0 Å². The van der Waals surface area contributed by atoms with Crippen LogP contribution in [0, 0.1) is 11.8 Å². The third-order valence-electron chi connectivity index (χ3n) is 3.37. The Morgan fingerprint density at radius 3 is 2.50 bits per heavy atom. The Morgan fingerprint density at radius 1 is 1.25 bits per heavy atom. The fourth-order valence-electron chi connectivity index (χ4n) is 2.81. The smallest absolute Gasteiger partial charge is 0.193 e. The second kappa shape index (κ2) is 5.24. The van der Waals surface area contributed by atoms with Crippen LogP contribution in [0.25, 0.3) is 0 Å². The minimum atomic E-state index is 0.474. The summed E-state index contributed by atoms with van der Waals surface area (Å²) < 4.78 is 5.33. The molecule has 2 atom stereocenters. The minimum absolute atomic E-state index is 0.474. The monoisotopic (exact) mass is 241 g/mol. The highest BCUT2D eigenvalue weighted by Gasteiger charge is 2.23. The molecule has 1 fully saturated rings. The molecule has 1 aliphatic carbocycles. The third-order valence-corrected chi connectivity index (χ3v) is 3.58. The van der Waals surface area contributed by atoms with Crippen LogP contribution in [0.3, 0.4) is 0 Å². The molecule has 0 amide bonds. The van der Waals surface area contributed by atoms with Gasteiger partial charge in [0.05, 0.1) is 6.54 Å². The average Bonchev–Trinajstić information content (AvgIpc) is 2.60. The topological polar surface area (TPSA) is 25.2 Å². The molecule has 1 aromatic rings. The van der Waals surface area contributed by atoms with Crippen LogP contribution in [0.4, 0.5) is 0 Å². The number of hydrogen-bond acceptors (Lipinski definition) is 2. The van der Waals surface area contributed by atoms with Crippen LogP contribution in [0.5, 0.6) is 0 Å². The zero-order chi connectivity index (χ0) is 11.5. The Hall–Kier alpha value is -0.470. The molecule has 1 saturated carbocycles. The van der Waals surface area contributed by atoms with Crippen molar-refractivity contribution in [2.75, 3.05) is 0 Å². The van der Waals surface area contributed by atoms with E-state index >= 15 is 0 Å². The second-order valence-electron chi connectivity index (χ2n) is 5.20. The van der Waals surface area contributed by atoms with Crippen molar-refractivity contribution in [3.05, 3.63) is 23.1 Å². The largest absolute Gasteiger partial charge is 0.448 e. The molecule has 1 heterocycles. The first-order chi connectivity index (χ1) is 7.63. The van der Waals surface area contributed by atoms with E-state index in [1.807, 2.05) is 6.07 Å². The van der Waals surface area contributed by atoms with Crippen molar-refractivity contribution >= 4 is 11.6 Å². The molecule has 1 aliphatic rings. The van der Waals surface area contributed by atoms with Gasteiger partial charge in [-0.1, -0.05) is 13.8 Å².